The number of rotatable bonds is 4. The predicted molar refractivity (Wildman–Crippen MR) is 83.1 cm³/mol. The maximum absolute atomic E-state index is 12.2. The molecule has 0 bridgehead atoms. The number of hydrogen-bond acceptors (Lipinski definition) is 4. The van der Waals surface area contributed by atoms with E-state index in [1.807, 2.05) is 26.0 Å². The Morgan fingerprint density at radius 2 is 2.00 bits per heavy atom. The Balaban J connectivity index is 2.37. The summed E-state index contributed by atoms with van der Waals surface area (Å²) in [7, 11) is 0. The fourth-order valence-corrected chi connectivity index (χ4v) is 2.95. The van der Waals surface area contributed by atoms with E-state index in [0.29, 0.717) is 5.02 Å². The van der Waals surface area contributed by atoms with Crippen molar-refractivity contribution in [2.24, 2.45) is 0 Å². The van der Waals surface area contributed by atoms with Gasteiger partial charge in [-0.25, -0.2) is 0 Å². The molecule has 0 aliphatic heterocycles. The molecule has 1 amide bonds. The van der Waals surface area contributed by atoms with Crippen LogP contribution in [-0.2, 0) is 12.8 Å². The molecule has 106 valence electrons. The van der Waals surface area contributed by atoms with Crippen LogP contribution in [0.4, 0.5) is 5.69 Å². The van der Waals surface area contributed by atoms with Gasteiger partial charge in [-0.2, -0.15) is 0 Å². The van der Waals surface area contributed by atoms with Crippen LogP contribution in [0.2, 0.25) is 9.49 Å². The molecule has 2 rings (SSSR count). The van der Waals surface area contributed by atoms with E-state index in [1.54, 1.807) is 0 Å². The third kappa shape index (κ3) is 3.11. The van der Waals surface area contributed by atoms with Crippen LogP contribution in [0, 0.1) is 0 Å². The van der Waals surface area contributed by atoms with Crippen LogP contribution in [-0.4, -0.2) is 16.1 Å². The number of hydrogen-bond donors (Lipinski definition) is 1. The smallest absolute Gasteiger partial charge is 0.286 e. The van der Waals surface area contributed by atoms with Crippen molar-refractivity contribution < 1.29 is 4.79 Å². The predicted octanol–water partition coefficient (Wildman–Crippen LogP) is 4.22. The SMILES string of the molecule is CCc1ccc(Cl)c(CC)c1NC(=O)c1nnc(Cl)s1. The fourth-order valence-electron chi connectivity index (χ4n) is 1.93. The lowest BCUT2D eigenvalue weighted by molar-refractivity contribution is 0.102. The number of amides is 1. The number of halogens is 2. The minimum atomic E-state index is -0.318. The number of aromatic nitrogens is 2. The van der Waals surface area contributed by atoms with Gasteiger partial charge in [0.25, 0.3) is 5.91 Å². The van der Waals surface area contributed by atoms with Gasteiger partial charge < -0.3 is 5.32 Å². The average Bonchev–Trinajstić information content (AvgIpc) is 2.86. The average molecular weight is 330 g/mol. The maximum Gasteiger partial charge on any atom is 0.286 e. The molecule has 20 heavy (non-hydrogen) atoms. The third-order valence-electron chi connectivity index (χ3n) is 2.91. The molecule has 4 nitrogen and oxygen atoms in total. The van der Waals surface area contributed by atoms with E-state index < -0.39 is 0 Å². The first-order chi connectivity index (χ1) is 9.56. The molecule has 1 N–H and O–H groups in total. The molecule has 0 fully saturated rings. The number of nitrogens with one attached hydrogen (secondary N) is 1. The summed E-state index contributed by atoms with van der Waals surface area (Å²) in [6.07, 6.45) is 1.54. The lowest BCUT2D eigenvalue weighted by atomic mass is 10.0. The van der Waals surface area contributed by atoms with E-state index >= 15 is 0 Å². The minimum absolute atomic E-state index is 0.235. The zero-order valence-electron chi connectivity index (χ0n) is 11.0. The first-order valence-corrected chi connectivity index (χ1v) is 7.74. The van der Waals surface area contributed by atoms with Crippen LogP contribution >= 0.6 is 34.5 Å². The summed E-state index contributed by atoms with van der Waals surface area (Å²) in [6, 6.07) is 3.78. The van der Waals surface area contributed by atoms with Crippen molar-refractivity contribution in [2.45, 2.75) is 26.7 Å². The highest BCUT2D eigenvalue weighted by Gasteiger charge is 2.17. The molecular weight excluding hydrogens is 317 g/mol. The molecule has 7 heteroatoms. The summed E-state index contributed by atoms with van der Waals surface area (Å²) >= 11 is 12.9. The van der Waals surface area contributed by atoms with E-state index in [4.69, 9.17) is 23.2 Å². The Morgan fingerprint density at radius 3 is 2.55 bits per heavy atom. The third-order valence-corrected chi connectivity index (χ3v) is 4.28. The van der Waals surface area contributed by atoms with E-state index in [9.17, 15) is 4.79 Å². The zero-order chi connectivity index (χ0) is 14.7. The van der Waals surface area contributed by atoms with Crippen molar-refractivity contribution in [1.29, 1.82) is 0 Å². The highest BCUT2D eigenvalue weighted by molar-refractivity contribution is 7.17. The molecule has 0 radical (unpaired) electrons. The molecule has 0 unspecified atom stereocenters. The fraction of sp³-hybridized carbons (Fsp3) is 0.308. The monoisotopic (exact) mass is 329 g/mol. The molecule has 0 saturated heterocycles. The van der Waals surface area contributed by atoms with Crippen molar-refractivity contribution >= 4 is 46.1 Å². The van der Waals surface area contributed by atoms with E-state index in [-0.39, 0.29) is 15.4 Å². The summed E-state index contributed by atoms with van der Waals surface area (Å²) in [5.74, 6) is -0.318. The van der Waals surface area contributed by atoms with E-state index in [1.165, 1.54) is 0 Å². The number of anilines is 1. The standard InChI is InChI=1S/C13H13Cl2N3OS/c1-3-7-5-6-9(14)8(4-2)10(7)16-11(19)12-17-18-13(15)20-12/h5-6H,3-4H2,1-2H3,(H,16,19). The van der Waals surface area contributed by atoms with Gasteiger partial charge in [-0.1, -0.05) is 42.9 Å². The zero-order valence-corrected chi connectivity index (χ0v) is 13.4. The van der Waals surface area contributed by atoms with Gasteiger partial charge in [0.05, 0.1) is 0 Å². The number of benzene rings is 1. The highest BCUT2D eigenvalue weighted by Crippen LogP contribution is 2.30. The Kier molecular flexibility index (Phi) is 4.96. The lowest BCUT2D eigenvalue weighted by Crippen LogP contribution is -2.15. The van der Waals surface area contributed by atoms with Gasteiger partial charge >= 0.3 is 0 Å². The normalized spacial score (nSPS) is 10.6. The molecule has 0 aliphatic carbocycles. The van der Waals surface area contributed by atoms with Gasteiger partial charge in [-0.05, 0) is 41.6 Å². The summed E-state index contributed by atoms with van der Waals surface area (Å²) in [5.41, 5.74) is 2.73. The van der Waals surface area contributed by atoms with Gasteiger partial charge in [0.15, 0.2) is 0 Å². The second kappa shape index (κ2) is 6.52. The molecule has 0 saturated carbocycles. The lowest BCUT2D eigenvalue weighted by Gasteiger charge is -2.15. The minimum Gasteiger partial charge on any atom is -0.319 e. The second-order valence-electron chi connectivity index (χ2n) is 4.08. The largest absolute Gasteiger partial charge is 0.319 e. The summed E-state index contributed by atoms with van der Waals surface area (Å²) in [6.45, 7) is 4.03. The second-order valence-corrected chi connectivity index (χ2v) is 6.05. The number of nitrogens with zero attached hydrogens (tertiary/aromatic N) is 2. The van der Waals surface area contributed by atoms with Crippen LogP contribution in [0.25, 0.3) is 0 Å². The summed E-state index contributed by atoms with van der Waals surface area (Å²) < 4.78 is 0.243. The van der Waals surface area contributed by atoms with Gasteiger partial charge in [0.2, 0.25) is 9.47 Å². The first-order valence-electron chi connectivity index (χ1n) is 6.17. The van der Waals surface area contributed by atoms with Gasteiger partial charge in [0, 0.05) is 10.7 Å². The number of carbonyl (C=O) groups excluding carboxylic acids is 1. The van der Waals surface area contributed by atoms with Crippen LogP contribution in [0.15, 0.2) is 12.1 Å². The molecule has 0 spiro atoms. The number of aryl methyl sites for hydroxylation is 1. The Labute approximate surface area is 131 Å². The Hall–Kier alpha value is -1.17. The highest BCUT2D eigenvalue weighted by atomic mass is 35.5. The van der Waals surface area contributed by atoms with Crippen LogP contribution in [0.1, 0.15) is 34.8 Å². The van der Waals surface area contributed by atoms with Crippen molar-refractivity contribution in [3.05, 3.63) is 37.8 Å². The summed E-state index contributed by atoms with van der Waals surface area (Å²) in [5, 5.41) is 11.1. The van der Waals surface area contributed by atoms with Crippen LogP contribution < -0.4 is 5.32 Å². The quantitative estimate of drug-likeness (QED) is 0.913. The molecule has 0 atom stereocenters. The van der Waals surface area contributed by atoms with Crippen LogP contribution in [0.3, 0.4) is 0 Å². The molecule has 2 aromatic rings. The Morgan fingerprint density at radius 1 is 1.25 bits per heavy atom. The Bertz CT molecular complexity index is 643. The molecule has 1 aromatic heterocycles. The van der Waals surface area contributed by atoms with Gasteiger partial charge in [-0.3, -0.25) is 4.79 Å². The van der Waals surface area contributed by atoms with Crippen molar-refractivity contribution in [3.63, 3.8) is 0 Å². The molecule has 1 heterocycles. The van der Waals surface area contributed by atoms with Crippen molar-refractivity contribution in [2.75, 3.05) is 5.32 Å². The maximum atomic E-state index is 12.2. The van der Waals surface area contributed by atoms with Gasteiger partial charge in [0.1, 0.15) is 0 Å². The van der Waals surface area contributed by atoms with Crippen molar-refractivity contribution in [1.82, 2.24) is 10.2 Å². The molecule has 1 aromatic carbocycles. The molecule has 0 aliphatic rings. The van der Waals surface area contributed by atoms with Gasteiger partial charge in [-0.15, -0.1) is 10.2 Å². The topological polar surface area (TPSA) is 54.9 Å². The first kappa shape index (κ1) is 15.2. The van der Waals surface area contributed by atoms with Crippen molar-refractivity contribution in [3.8, 4) is 0 Å². The van der Waals surface area contributed by atoms with E-state index in [2.05, 4.69) is 15.5 Å². The molecular formula is C13H13Cl2N3OS. The number of carbonyl (C=O) groups is 1. The summed E-state index contributed by atoms with van der Waals surface area (Å²) in [4.78, 5) is 12.2. The van der Waals surface area contributed by atoms with Crippen LogP contribution in [0.5, 0.6) is 0 Å². The van der Waals surface area contributed by atoms with E-state index in [0.717, 1.165) is 41.0 Å².